The van der Waals surface area contributed by atoms with Gasteiger partial charge in [-0.25, -0.2) is 13.1 Å². The Balaban J connectivity index is 2.01. The first kappa shape index (κ1) is 20.6. The molecule has 3 N–H and O–H groups in total. The van der Waals surface area contributed by atoms with Gasteiger partial charge in [0.15, 0.2) is 0 Å². The van der Waals surface area contributed by atoms with Crippen molar-refractivity contribution in [3.05, 3.63) is 54.1 Å². The van der Waals surface area contributed by atoms with Crippen molar-refractivity contribution < 1.29 is 18.0 Å². The molecule has 0 radical (unpaired) electrons. The molecule has 0 aromatic heterocycles. The number of hydrogen-bond donors (Lipinski definition) is 3. The Morgan fingerprint density at radius 2 is 1.44 bits per heavy atom. The van der Waals surface area contributed by atoms with Crippen LogP contribution in [0.4, 0.5) is 11.4 Å². The lowest BCUT2D eigenvalue weighted by atomic mass is 10.2. The van der Waals surface area contributed by atoms with Gasteiger partial charge >= 0.3 is 0 Å². The van der Waals surface area contributed by atoms with Gasteiger partial charge in [-0.15, -0.1) is 0 Å². The van der Waals surface area contributed by atoms with E-state index in [9.17, 15) is 18.0 Å². The van der Waals surface area contributed by atoms with E-state index in [1.165, 1.54) is 31.2 Å². The summed E-state index contributed by atoms with van der Waals surface area (Å²) in [4.78, 5) is 23.4. The fourth-order valence-electron chi connectivity index (χ4n) is 2.30. The highest BCUT2D eigenvalue weighted by Crippen LogP contribution is 2.16. The molecule has 2 rings (SSSR count). The minimum atomic E-state index is -3.54. The molecular formula is C19H23N3O4S. The fourth-order valence-corrected chi connectivity index (χ4v) is 3.37. The summed E-state index contributed by atoms with van der Waals surface area (Å²) in [6.45, 7) is 3.79. The molecule has 0 saturated heterocycles. The Labute approximate surface area is 159 Å². The molecule has 0 saturated carbocycles. The molecule has 0 atom stereocenters. The van der Waals surface area contributed by atoms with Gasteiger partial charge in [-0.3, -0.25) is 9.59 Å². The van der Waals surface area contributed by atoms with Crippen LogP contribution in [0.15, 0.2) is 53.4 Å². The zero-order valence-corrected chi connectivity index (χ0v) is 16.1. The number of hydrogen-bond acceptors (Lipinski definition) is 4. The average Bonchev–Trinajstić information content (AvgIpc) is 2.62. The summed E-state index contributed by atoms with van der Waals surface area (Å²) in [6.07, 6.45) is 1.67. The van der Waals surface area contributed by atoms with Gasteiger partial charge in [-0.05, 0) is 55.0 Å². The van der Waals surface area contributed by atoms with E-state index in [2.05, 4.69) is 15.4 Å². The molecule has 144 valence electrons. The number of unbranched alkanes of at least 4 members (excludes halogenated alkanes) is 1. The van der Waals surface area contributed by atoms with Crippen LogP contribution in [0, 0.1) is 0 Å². The number of anilines is 2. The summed E-state index contributed by atoms with van der Waals surface area (Å²) in [5.41, 5.74) is 1.50. The molecule has 0 aliphatic heterocycles. The third-order valence-corrected chi connectivity index (χ3v) is 5.19. The molecule has 2 aromatic carbocycles. The van der Waals surface area contributed by atoms with Crippen LogP contribution in [0.2, 0.25) is 0 Å². The monoisotopic (exact) mass is 389 g/mol. The van der Waals surface area contributed by atoms with E-state index in [0.717, 1.165) is 12.8 Å². The normalized spacial score (nSPS) is 11.0. The van der Waals surface area contributed by atoms with Gasteiger partial charge in [0.2, 0.25) is 15.9 Å². The van der Waals surface area contributed by atoms with Crippen LogP contribution < -0.4 is 15.4 Å². The Hall–Kier alpha value is -2.71. The number of carbonyl (C=O) groups excluding carboxylic acids is 2. The summed E-state index contributed by atoms with van der Waals surface area (Å²) >= 11 is 0. The van der Waals surface area contributed by atoms with Crippen molar-refractivity contribution in [2.75, 3.05) is 17.2 Å². The second-order valence-electron chi connectivity index (χ2n) is 5.99. The van der Waals surface area contributed by atoms with Gasteiger partial charge in [0.25, 0.3) is 5.91 Å². The summed E-state index contributed by atoms with van der Waals surface area (Å²) in [7, 11) is -3.54. The highest BCUT2D eigenvalue weighted by Gasteiger charge is 2.13. The van der Waals surface area contributed by atoms with Crippen LogP contribution in [-0.2, 0) is 14.8 Å². The Morgan fingerprint density at radius 1 is 0.889 bits per heavy atom. The molecule has 7 nitrogen and oxygen atoms in total. The van der Waals surface area contributed by atoms with E-state index in [4.69, 9.17) is 0 Å². The predicted molar refractivity (Wildman–Crippen MR) is 105 cm³/mol. The minimum absolute atomic E-state index is 0.149. The van der Waals surface area contributed by atoms with Gasteiger partial charge in [-0.1, -0.05) is 13.3 Å². The third-order valence-electron chi connectivity index (χ3n) is 3.71. The Bertz CT molecular complexity index is 892. The number of benzene rings is 2. The molecule has 0 aliphatic rings. The number of rotatable bonds is 8. The van der Waals surface area contributed by atoms with Crippen molar-refractivity contribution in [2.24, 2.45) is 0 Å². The van der Waals surface area contributed by atoms with Crippen molar-refractivity contribution in [2.45, 2.75) is 31.6 Å². The first-order valence-corrected chi connectivity index (χ1v) is 10.1. The molecule has 0 spiro atoms. The van der Waals surface area contributed by atoms with E-state index in [1.807, 2.05) is 6.92 Å². The van der Waals surface area contributed by atoms with Gasteiger partial charge in [0.05, 0.1) is 4.90 Å². The smallest absolute Gasteiger partial charge is 0.255 e. The lowest BCUT2D eigenvalue weighted by Crippen LogP contribution is -2.24. The van der Waals surface area contributed by atoms with E-state index in [0.29, 0.717) is 23.5 Å². The first-order chi connectivity index (χ1) is 12.8. The second kappa shape index (κ2) is 9.29. The summed E-state index contributed by atoms with van der Waals surface area (Å²) in [6, 6.07) is 12.4. The van der Waals surface area contributed by atoms with Gasteiger partial charge < -0.3 is 10.6 Å². The maximum absolute atomic E-state index is 12.3. The van der Waals surface area contributed by atoms with Crippen molar-refractivity contribution in [1.29, 1.82) is 0 Å². The van der Waals surface area contributed by atoms with E-state index in [1.54, 1.807) is 24.3 Å². The lowest BCUT2D eigenvalue weighted by Gasteiger charge is -2.09. The average molecular weight is 389 g/mol. The molecule has 0 heterocycles. The maximum Gasteiger partial charge on any atom is 0.255 e. The number of sulfonamides is 1. The topological polar surface area (TPSA) is 104 Å². The van der Waals surface area contributed by atoms with Crippen molar-refractivity contribution in [3.63, 3.8) is 0 Å². The SMILES string of the molecule is CCCCNS(=O)(=O)c1ccc(NC(=O)c2ccc(NC(C)=O)cc2)cc1. The van der Waals surface area contributed by atoms with E-state index >= 15 is 0 Å². The molecule has 0 bridgehead atoms. The highest BCUT2D eigenvalue weighted by atomic mass is 32.2. The maximum atomic E-state index is 12.3. The van der Waals surface area contributed by atoms with Crippen LogP contribution in [0.5, 0.6) is 0 Å². The van der Waals surface area contributed by atoms with E-state index < -0.39 is 10.0 Å². The third kappa shape index (κ3) is 6.19. The van der Waals surface area contributed by atoms with Crippen LogP contribution in [0.25, 0.3) is 0 Å². The zero-order valence-electron chi connectivity index (χ0n) is 15.3. The molecule has 0 unspecified atom stereocenters. The van der Waals surface area contributed by atoms with Crippen LogP contribution in [-0.4, -0.2) is 26.8 Å². The van der Waals surface area contributed by atoms with Gasteiger partial charge in [-0.2, -0.15) is 0 Å². The van der Waals surface area contributed by atoms with Crippen LogP contribution >= 0.6 is 0 Å². The minimum Gasteiger partial charge on any atom is -0.326 e. The van der Waals surface area contributed by atoms with Crippen molar-refractivity contribution in [3.8, 4) is 0 Å². The van der Waals surface area contributed by atoms with Gasteiger partial charge in [0.1, 0.15) is 0 Å². The fraction of sp³-hybridized carbons (Fsp3) is 0.263. The largest absolute Gasteiger partial charge is 0.326 e. The number of carbonyl (C=O) groups is 2. The first-order valence-electron chi connectivity index (χ1n) is 8.60. The molecular weight excluding hydrogens is 366 g/mol. The van der Waals surface area contributed by atoms with Crippen molar-refractivity contribution in [1.82, 2.24) is 4.72 Å². The molecule has 2 aromatic rings. The van der Waals surface area contributed by atoms with E-state index in [-0.39, 0.29) is 16.7 Å². The lowest BCUT2D eigenvalue weighted by molar-refractivity contribution is -0.114. The molecule has 0 aliphatic carbocycles. The summed E-state index contributed by atoms with van der Waals surface area (Å²) < 4.78 is 26.8. The van der Waals surface area contributed by atoms with Crippen LogP contribution in [0.3, 0.4) is 0 Å². The van der Waals surface area contributed by atoms with Gasteiger partial charge in [0, 0.05) is 30.4 Å². The quantitative estimate of drug-likeness (QED) is 0.604. The van der Waals surface area contributed by atoms with Crippen molar-refractivity contribution >= 4 is 33.2 Å². The predicted octanol–water partition coefficient (Wildman–Crippen LogP) is 2.98. The zero-order chi connectivity index (χ0) is 19.9. The molecule has 2 amide bonds. The highest BCUT2D eigenvalue weighted by molar-refractivity contribution is 7.89. The molecule has 8 heteroatoms. The summed E-state index contributed by atoms with van der Waals surface area (Å²) in [5.74, 6) is -0.521. The molecule has 27 heavy (non-hydrogen) atoms. The summed E-state index contributed by atoms with van der Waals surface area (Å²) in [5, 5.41) is 5.33. The number of nitrogens with one attached hydrogen (secondary N) is 3. The Kier molecular flexibility index (Phi) is 7.09. The second-order valence-corrected chi connectivity index (χ2v) is 7.76. The number of amides is 2. The van der Waals surface area contributed by atoms with Crippen LogP contribution in [0.1, 0.15) is 37.0 Å². The standard InChI is InChI=1S/C19H23N3O4S/c1-3-4-13-20-27(25,26)18-11-9-17(10-12-18)22-19(24)15-5-7-16(8-6-15)21-14(2)23/h5-12,20H,3-4,13H2,1-2H3,(H,21,23)(H,22,24). The Morgan fingerprint density at radius 3 is 2.00 bits per heavy atom. The molecule has 0 fully saturated rings.